The SMILES string of the molecule is Cc1nc(C)c(C(O)c2cc(F)ccc2C)s1. The van der Waals surface area contributed by atoms with Crippen LogP contribution in [0.3, 0.4) is 0 Å². The highest BCUT2D eigenvalue weighted by molar-refractivity contribution is 7.11. The van der Waals surface area contributed by atoms with Crippen molar-refractivity contribution in [3.63, 3.8) is 0 Å². The monoisotopic (exact) mass is 251 g/mol. The standard InChI is InChI=1S/C13H14FNOS/c1-7-4-5-10(14)6-11(7)12(16)13-8(2)15-9(3)17-13/h4-6,12,16H,1-3H3. The largest absolute Gasteiger partial charge is 0.383 e. The van der Waals surface area contributed by atoms with Gasteiger partial charge < -0.3 is 5.11 Å². The Labute approximate surface area is 104 Å². The minimum absolute atomic E-state index is 0.330. The van der Waals surface area contributed by atoms with Crippen molar-refractivity contribution in [3.8, 4) is 0 Å². The summed E-state index contributed by atoms with van der Waals surface area (Å²) in [5.74, 6) is -0.330. The molecule has 0 aliphatic heterocycles. The molecule has 1 N–H and O–H groups in total. The van der Waals surface area contributed by atoms with Crippen molar-refractivity contribution in [2.45, 2.75) is 26.9 Å². The Morgan fingerprint density at radius 2 is 2.00 bits per heavy atom. The van der Waals surface area contributed by atoms with Gasteiger partial charge in [0, 0.05) is 0 Å². The van der Waals surface area contributed by atoms with Crippen molar-refractivity contribution in [2.24, 2.45) is 0 Å². The molecule has 1 unspecified atom stereocenters. The molecule has 1 atom stereocenters. The predicted molar refractivity (Wildman–Crippen MR) is 66.8 cm³/mol. The van der Waals surface area contributed by atoms with Crippen LogP contribution in [0, 0.1) is 26.6 Å². The van der Waals surface area contributed by atoms with Crippen LogP contribution in [0.4, 0.5) is 4.39 Å². The van der Waals surface area contributed by atoms with Gasteiger partial charge in [-0.05, 0) is 44.0 Å². The smallest absolute Gasteiger partial charge is 0.123 e. The number of thiazole rings is 1. The molecule has 0 bridgehead atoms. The summed E-state index contributed by atoms with van der Waals surface area (Å²) < 4.78 is 13.2. The maximum atomic E-state index is 13.2. The van der Waals surface area contributed by atoms with Gasteiger partial charge in [0.15, 0.2) is 0 Å². The Morgan fingerprint density at radius 3 is 2.59 bits per heavy atom. The maximum absolute atomic E-state index is 13.2. The summed E-state index contributed by atoms with van der Waals surface area (Å²) in [6.45, 7) is 5.62. The van der Waals surface area contributed by atoms with Crippen LogP contribution in [-0.4, -0.2) is 10.1 Å². The first-order valence-corrected chi connectivity index (χ1v) is 6.18. The van der Waals surface area contributed by atoms with E-state index < -0.39 is 6.10 Å². The molecule has 2 rings (SSSR count). The molecule has 0 radical (unpaired) electrons. The summed E-state index contributed by atoms with van der Waals surface area (Å²) in [5.41, 5.74) is 2.30. The number of halogens is 1. The van der Waals surface area contributed by atoms with Crippen LogP contribution in [-0.2, 0) is 0 Å². The zero-order chi connectivity index (χ0) is 12.6. The van der Waals surface area contributed by atoms with Crippen LogP contribution in [0.5, 0.6) is 0 Å². The highest BCUT2D eigenvalue weighted by Gasteiger charge is 2.18. The normalized spacial score (nSPS) is 12.8. The fraction of sp³-hybridized carbons (Fsp3) is 0.308. The van der Waals surface area contributed by atoms with Gasteiger partial charge in [-0.25, -0.2) is 9.37 Å². The molecule has 0 saturated carbocycles. The molecule has 0 saturated heterocycles. The number of nitrogens with zero attached hydrogens (tertiary/aromatic N) is 1. The average molecular weight is 251 g/mol. The van der Waals surface area contributed by atoms with E-state index in [9.17, 15) is 9.50 Å². The van der Waals surface area contributed by atoms with Crippen molar-refractivity contribution in [1.82, 2.24) is 4.98 Å². The molecule has 17 heavy (non-hydrogen) atoms. The highest BCUT2D eigenvalue weighted by Crippen LogP contribution is 2.31. The summed E-state index contributed by atoms with van der Waals surface area (Å²) >= 11 is 1.45. The second kappa shape index (κ2) is 4.55. The van der Waals surface area contributed by atoms with Gasteiger partial charge >= 0.3 is 0 Å². The first-order valence-electron chi connectivity index (χ1n) is 5.37. The molecule has 1 heterocycles. The van der Waals surface area contributed by atoms with Crippen molar-refractivity contribution in [2.75, 3.05) is 0 Å². The number of aliphatic hydroxyl groups excluding tert-OH is 1. The Morgan fingerprint density at radius 1 is 1.29 bits per heavy atom. The molecule has 0 aliphatic carbocycles. The first-order chi connectivity index (χ1) is 7.99. The van der Waals surface area contributed by atoms with E-state index in [2.05, 4.69) is 4.98 Å². The Balaban J connectivity index is 2.46. The zero-order valence-electron chi connectivity index (χ0n) is 9.99. The molecular formula is C13H14FNOS. The van der Waals surface area contributed by atoms with Crippen LogP contribution in [0.2, 0.25) is 0 Å². The predicted octanol–water partition coefficient (Wildman–Crippen LogP) is 3.29. The van der Waals surface area contributed by atoms with E-state index in [1.54, 1.807) is 6.07 Å². The molecule has 0 fully saturated rings. The van der Waals surface area contributed by atoms with Crippen LogP contribution in [0.1, 0.15) is 32.8 Å². The minimum atomic E-state index is -0.795. The van der Waals surface area contributed by atoms with Crippen molar-refractivity contribution < 1.29 is 9.50 Å². The lowest BCUT2D eigenvalue weighted by atomic mass is 10.0. The van der Waals surface area contributed by atoms with E-state index in [0.29, 0.717) is 5.56 Å². The summed E-state index contributed by atoms with van der Waals surface area (Å²) in [6.07, 6.45) is -0.795. The summed E-state index contributed by atoms with van der Waals surface area (Å²) in [6, 6.07) is 4.46. The number of hydrogen-bond acceptors (Lipinski definition) is 3. The van der Waals surface area contributed by atoms with Gasteiger partial charge in [-0.1, -0.05) is 6.07 Å². The molecule has 1 aromatic heterocycles. The Bertz CT molecular complexity index is 550. The molecule has 0 aliphatic rings. The van der Waals surface area contributed by atoms with E-state index in [1.165, 1.54) is 23.5 Å². The van der Waals surface area contributed by atoms with Gasteiger partial charge in [-0.2, -0.15) is 0 Å². The number of aromatic nitrogens is 1. The number of aliphatic hydroxyl groups is 1. The summed E-state index contributed by atoms with van der Waals surface area (Å²) in [5, 5.41) is 11.2. The topological polar surface area (TPSA) is 33.1 Å². The fourth-order valence-electron chi connectivity index (χ4n) is 1.85. The molecular weight excluding hydrogens is 237 g/mol. The second-order valence-electron chi connectivity index (χ2n) is 4.09. The molecule has 0 spiro atoms. The van der Waals surface area contributed by atoms with Crippen LogP contribution >= 0.6 is 11.3 Å². The van der Waals surface area contributed by atoms with Gasteiger partial charge in [0.2, 0.25) is 0 Å². The van der Waals surface area contributed by atoms with Gasteiger partial charge in [0.1, 0.15) is 11.9 Å². The lowest BCUT2D eigenvalue weighted by molar-refractivity contribution is 0.222. The van der Waals surface area contributed by atoms with Gasteiger partial charge in [-0.3, -0.25) is 0 Å². The number of aryl methyl sites for hydroxylation is 3. The third-order valence-corrected chi connectivity index (χ3v) is 3.85. The molecule has 2 nitrogen and oxygen atoms in total. The fourth-order valence-corrected chi connectivity index (χ4v) is 2.78. The molecule has 0 amide bonds. The lowest BCUT2D eigenvalue weighted by Gasteiger charge is -2.12. The van der Waals surface area contributed by atoms with Crippen molar-refractivity contribution in [3.05, 3.63) is 50.7 Å². The summed E-state index contributed by atoms with van der Waals surface area (Å²) in [7, 11) is 0. The maximum Gasteiger partial charge on any atom is 0.123 e. The van der Waals surface area contributed by atoms with Gasteiger partial charge in [0.25, 0.3) is 0 Å². The molecule has 90 valence electrons. The van der Waals surface area contributed by atoms with E-state index in [0.717, 1.165) is 21.1 Å². The molecule has 4 heteroatoms. The van der Waals surface area contributed by atoms with Gasteiger partial charge in [-0.15, -0.1) is 11.3 Å². The minimum Gasteiger partial charge on any atom is -0.383 e. The van der Waals surface area contributed by atoms with E-state index in [-0.39, 0.29) is 5.82 Å². The average Bonchev–Trinajstić information content (AvgIpc) is 2.60. The quantitative estimate of drug-likeness (QED) is 0.888. The van der Waals surface area contributed by atoms with Crippen LogP contribution < -0.4 is 0 Å². The number of rotatable bonds is 2. The van der Waals surface area contributed by atoms with Crippen LogP contribution in [0.15, 0.2) is 18.2 Å². The van der Waals surface area contributed by atoms with Crippen molar-refractivity contribution in [1.29, 1.82) is 0 Å². The van der Waals surface area contributed by atoms with E-state index in [4.69, 9.17) is 0 Å². The summed E-state index contributed by atoms with van der Waals surface area (Å²) in [4.78, 5) is 5.06. The molecule has 2 aromatic rings. The number of benzene rings is 1. The first kappa shape index (κ1) is 12.2. The Hall–Kier alpha value is -1.26. The highest BCUT2D eigenvalue weighted by atomic mass is 32.1. The van der Waals surface area contributed by atoms with Gasteiger partial charge in [0.05, 0.1) is 15.6 Å². The van der Waals surface area contributed by atoms with Crippen molar-refractivity contribution >= 4 is 11.3 Å². The molecule has 1 aromatic carbocycles. The van der Waals surface area contributed by atoms with Crippen LogP contribution in [0.25, 0.3) is 0 Å². The Kier molecular flexibility index (Phi) is 3.26. The zero-order valence-corrected chi connectivity index (χ0v) is 10.8. The lowest BCUT2D eigenvalue weighted by Crippen LogP contribution is -2.02. The number of hydrogen-bond donors (Lipinski definition) is 1. The third-order valence-electron chi connectivity index (χ3n) is 2.72. The van der Waals surface area contributed by atoms with E-state index in [1.807, 2.05) is 20.8 Å². The van der Waals surface area contributed by atoms with E-state index >= 15 is 0 Å². The second-order valence-corrected chi connectivity index (χ2v) is 5.32. The third kappa shape index (κ3) is 2.37.